The molecule has 3 aromatic rings. The van der Waals surface area contributed by atoms with Crippen molar-refractivity contribution in [1.29, 1.82) is 0 Å². The highest BCUT2D eigenvalue weighted by Gasteiger charge is 2.18. The molecule has 0 unspecified atom stereocenters. The average Bonchev–Trinajstić information content (AvgIpc) is 3.24. The second kappa shape index (κ2) is 6.13. The highest BCUT2D eigenvalue weighted by atomic mass is 32.1. The van der Waals surface area contributed by atoms with E-state index in [2.05, 4.69) is 18.2 Å². The zero-order chi connectivity index (χ0) is 15.6. The van der Waals surface area contributed by atoms with Gasteiger partial charge in [-0.25, -0.2) is 4.98 Å². The van der Waals surface area contributed by atoms with Gasteiger partial charge in [0.15, 0.2) is 0 Å². The molecule has 0 N–H and O–H groups in total. The summed E-state index contributed by atoms with van der Waals surface area (Å²) in [5.74, 6) is 0.240. The van der Waals surface area contributed by atoms with Crippen molar-refractivity contribution in [1.82, 2.24) is 9.88 Å². The zero-order valence-electron chi connectivity index (χ0n) is 12.9. The lowest BCUT2D eigenvalue weighted by atomic mass is 10.1. The van der Waals surface area contributed by atoms with Crippen molar-refractivity contribution in [3.05, 3.63) is 54.1 Å². The molecule has 23 heavy (non-hydrogen) atoms. The summed E-state index contributed by atoms with van der Waals surface area (Å²) in [5.41, 5.74) is 3.20. The van der Waals surface area contributed by atoms with Crippen molar-refractivity contribution >= 4 is 27.5 Å². The van der Waals surface area contributed by atoms with Crippen molar-refractivity contribution in [2.24, 2.45) is 0 Å². The highest BCUT2D eigenvalue weighted by Crippen LogP contribution is 2.30. The molecule has 0 aliphatic carbocycles. The Kier molecular flexibility index (Phi) is 3.83. The van der Waals surface area contributed by atoms with Crippen LogP contribution >= 0.6 is 11.3 Å². The Balaban J connectivity index is 1.59. The molecular weight excluding hydrogens is 304 g/mol. The van der Waals surface area contributed by atoms with Crippen LogP contribution in [0.4, 0.5) is 0 Å². The van der Waals surface area contributed by atoms with Gasteiger partial charge in [-0.15, -0.1) is 11.3 Å². The van der Waals surface area contributed by atoms with Gasteiger partial charge in [0.2, 0.25) is 5.91 Å². The predicted molar refractivity (Wildman–Crippen MR) is 94.6 cm³/mol. The highest BCUT2D eigenvalue weighted by molar-refractivity contribution is 7.21. The van der Waals surface area contributed by atoms with Gasteiger partial charge < -0.3 is 4.90 Å². The number of hydrogen-bond acceptors (Lipinski definition) is 3. The molecule has 1 amide bonds. The van der Waals surface area contributed by atoms with Gasteiger partial charge in [-0.05, 0) is 36.6 Å². The predicted octanol–water partition coefficient (Wildman–Crippen LogP) is 4.13. The third-order valence-electron chi connectivity index (χ3n) is 4.28. The molecule has 1 aliphatic heterocycles. The summed E-state index contributed by atoms with van der Waals surface area (Å²) in [4.78, 5) is 19.0. The van der Waals surface area contributed by atoms with Crippen LogP contribution in [-0.2, 0) is 11.2 Å². The van der Waals surface area contributed by atoms with Crippen LogP contribution in [0.5, 0.6) is 0 Å². The quantitative estimate of drug-likeness (QED) is 0.726. The summed E-state index contributed by atoms with van der Waals surface area (Å²) < 4.78 is 1.20. The minimum absolute atomic E-state index is 0.240. The molecule has 0 spiro atoms. The maximum atomic E-state index is 12.3. The molecule has 0 radical (unpaired) electrons. The molecule has 1 fully saturated rings. The van der Waals surface area contributed by atoms with Crippen LogP contribution < -0.4 is 0 Å². The summed E-state index contributed by atoms with van der Waals surface area (Å²) >= 11 is 1.70. The van der Waals surface area contributed by atoms with Crippen LogP contribution in [0.15, 0.2) is 48.5 Å². The molecule has 0 saturated carbocycles. The fourth-order valence-electron chi connectivity index (χ4n) is 3.06. The fourth-order valence-corrected chi connectivity index (χ4v) is 4.02. The van der Waals surface area contributed by atoms with E-state index >= 15 is 0 Å². The Morgan fingerprint density at radius 2 is 1.91 bits per heavy atom. The molecule has 0 atom stereocenters. The maximum absolute atomic E-state index is 12.3. The van der Waals surface area contributed by atoms with Gasteiger partial charge in [0, 0.05) is 18.7 Å². The summed E-state index contributed by atoms with van der Waals surface area (Å²) in [5, 5.41) is 1.02. The molecule has 1 aromatic heterocycles. The molecule has 116 valence electrons. The number of nitrogens with zero attached hydrogens (tertiary/aromatic N) is 2. The van der Waals surface area contributed by atoms with Crippen molar-refractivity contribution in [2.75, 3.05) is 13.1 Å². The second-order valence-electron chi connectivity index (χ2n) is 5.95. The first kappa shape index (κ1) is 14.4. The number of carbonyl (C=O) groups is 1. The summed E-state index contributed by atoms with van der Waals surface area (Å²) in [6, 6.07) is 16.4. The number of benzene rings is 2. The summed E-state index contributed by atoms with van der Waals surface area (Å²) in [7, 11) is 0. The molecule has 1 aliphatic rings. The molecule has 2 aromatic carbocycles. The van der Waals surface area contributed by atoms with Gasteiger partial charge in [0.25, 0.3) is 0 Å². The lowest BCUT2D eigenvalue weighted by Crippen LogP contribution is -2.29. The number of rotatable bonds is 3. The Labute approximate surface area is 139 Å². The second-order valence-corrected chi connectivity index (χ2v) is 6.98. The summed E-state index contributed by atoms with van der Waals surface area (Å²) in [6.07, 6.45) is 2.76. The largest absolute Gasteiger partial charge is 0.342 e. The minimum atomic E-state index is 0.240. The molecule has 4 rings (SSSR count). The van der Waals surface area contributed by atoms with Crippen LogP contribution in [0.3, 0.4) is 0 Å². The Bertz CT molecular complexity index is 816. The number of carbonyl (C=O) groups excluding carboxylic acids is 1. The van der Waals surface area contributed by atoms with Gasteiger partial charge in [-0.1, -0.05) is 30.3 Å². The fraction of sp³-hybridized carbons (Fsp3) is 0.263. The first-order valence-electron chi connectivity index (χ1n) is 8.02. The van der Waals surface area contributed by atoms with Crippen LogP contribution in [0.1, 0.15) is 18.4 Å². The number of likely N-dealkylation sites (tertiary alicyclic amines) is 1. The number of para-hydroxylation sites is 1. The van der Waals surface area contributed by atoms with Gasteiger partial charge in [0.05, 0.1) is 16.6 Å². The number of thiazole rings is 1. The first-order chi connectivity index (χ1) is 11.3. The Morgan fingerprint density at radius 1 is 1.09 bits per heavy atom. The van der Waals surface area contributed by atoms with E-state index < -0.39 is 0 Å². The van der Waals surface area contributed by atoms with E-state index in [0.29, 0.717) is 6.42 Å². The number of fused-ring (bicyclic) bond motifs is 1. The molecule has 2 heterocycles. The van der Waals surface area contributed by atoms with Crippen LogP contribution in [-0.4, -0.2) is 28.9 Å². The van der Waals surface area contributed by atoms with Gasteiger partial charge in [-0.3, -0.25) is 4.79 Å². The number of hydrogen-bond donors (Lipinski definition) is 0. The van der Waals surface area contributed by atoms with Crippen molar-refractivity contribution in [2.45, 2.75) is 19.3 Å². The van der Waals surface area contributed by atoms with Crippen molar-refractivity contribution < 1.29 is 4.79 Å². The van der Waals surface area contributed by atoms with E-state index in [9.17, 15) is 4.79 Å². The Morgan fingerprint density at radius 3 is 2.74 bits per heavy atom. The van der Waals surface area contributed by atoms with E-state index in [0.717, 1.165) is 47.6 Å². The van der Waals surface area contributed by atoms with Gasteiger partial charge in [-0.2, -0.15) is 0 Å². The monoisotopic (exact) mass is 322 g/mol. The number of amides is 1. The van der Waals surface area contributed by atoms with E-state index in [1.807, 2.05) is 35.2 Å². The van der Waals surface area contributed by atoms with E-state index in [1.54, 1.807) is 11.3 Å². The van der Waals surface area contributed by atoms with Crippen LogP contribution in [0.25, 0.3) is 20.8 Å². The van der Waals surface area contributed by atoms with E-state index in [-0.39, 0.29) is 5.91 Å². The van der Waals surface area contributed by atoms with Gasteiger partial charge in [0.1, 0.15) is 5.01 Å². The summed E-state index contributed by atoms with van der Waals surface area (Å²) in [6.45, 7) is 1.83. The number of aromatic nitrogens is 1. The Hall–Kier alpha value is -2.20. The molecular formula is C19H18N2OS. The van der Waals surface area contributed by atoms with Crippen LogP contribution in [0.2, 0.25) is 0 Å². The normalized spacial score (nSPS) is 14.5. The lowest BCUT2D eigenvalue weighted by Gasteiger charge is -2.15. The zero-order valence-corrected chi connectivity index (χ0v) is 13.7. The standard InChI is InChI=1S/C19H18N2OS/c22-18(21-10-3-4-11-21)13-14-6-5-7-15(12-14)19-20-16-8-1-2-9-17(16)23-19/h1-2,5-9,12H,3-4,10-11,13H2. The lowest BCUT2D eigenvalue weighted by molar-refractivity contribution is -0.129. The third-order valence-corrected chi connectivity index (χ3v) is 5.37. The molecule has 3 nitrogen and oxygen atoms in total. The average molecular weight is 322 g/mol. The van der Waals surface area contributed by atoms with Crippen LogP contribution in [0, 0.1) is 0 Å². The first-order valence-corrected chi connectivity index (χ1v) is 8.84. The van der Waals surface area contributed by atoms with E-state index in [1.165, 1.54) is 4.70 Å². The smallest absolute Gasteiger partial charge is 0.226 e. The molecule has 0 bridgehead atoms. The van der Waals surface area contributed by atoms with Gasteiger partial charge >= 0.3 is 0 Å². The maximum Gasteiger partial charge on any atom is 0.226 e. The van der Waals surface area contributed by atoms with Crippen molar-refractivity contribution in [3.63, 3.8) is 0 Å². The van der Waals surface area contributed by atoms with E-state index in [4.69, 9.17) is 4.98 Å². The topological polar surface area (TPSA) is 33.2 Å². The third kappa shape index (κ3) is 2.99. The minimum Gasteiger partial charge on any atom is -0.342 e. The van der Waals surface area contributed by atoms with Crippen molar-refractivity contribution in [3.8, 4) is 10.6 Å². The molecule has 1 saturated heterocycles. The SMILES string of the molecule is O=C(Cc1cccc(-c2nc3ccccc3s2)c1)N1CCCC1. The molecule has 4 heteroatoms.